The first-order valence-electron chi connectivity index (χ1n) is 5.14. The first-order chi connectivity index (χ1) is 8.01. The summed E-state index contributed by atoms with van der Waals surface area (Å²) in [6, 6.07) is 7.04. The third kappa shape index (κ3) is 6.13. The fraction of sp³-hybridized carbons (Fsp3) is 0.455. The highest BCUT2D eigenvalue weighted by atomic mass is 19.4. The van der Waals surface area contributed by atoms with Crippen LogP contribution in [0.3, 0.4) is 0 Å². The van der Waals surface area contributed by atoms with E-state index in [1.165, 1.54) is 0 Å². The summed E-state index contributed by atoms with van der Waals surface area (Å²) in [5.74, 6) is 0.511. The Bertz CT molecular complexity index is 324. The van der Waals surface area contributed by atoms with Crippen LogP contribution in [-0.4, -0.2) is 26.1 Å². The number of ether oxygens (including phenoxy) is 2. The molecule has 1 aromatic carbocycles. The molecule has 0 saturated carbocycles. The monoisotopic (exact) mass is 249 g/mol. The maximum absolute atomic E-state index is 11.6. The second-order valence-electron chi connectivity index (χ2n) is 3.33. The Kier molecular flexibility index (Phi) is 5.24. The minimum atomic E-state index is -4.60. The normalized spacial score (nSPS) is 11.5. The highest BCUT2D eigenvalue weighted by molar-refractivity contribution is 5.27. The van der Waals surface area contributed by atoms with Crippen molar-refractivity contribution >= 4 is 0 Å². The van der Waals surface area contributed by atoms with Crippen molar-refractivity contribution in [2.45, 2.75) is 12.8 Å². The van der Waals surface area contributed by atoms with E-state index in [2.05, 4.69) is 4.74 Å². The van der Waals surface area contributed by atoms with Crippen LogP contribution in [0.1, 0.15) is 5.56 Å². The average molecular weight is 249 g/mol. The van der Waals surface area contributed by atoms with Gasteiger partial charge < -0.3 is 10.5 Å². The fourth-order valence-corrected chi connectivity index (χ4v) is 1.24. The Hall–Kier alpha value is -1.27. The van der Waals surface area contributed by atoms with Crippen LogP contribution in [0.5, 0.6) is 5.75 Å². The van der Waals surface area contributed by atoms with Crippen LogP contribution in [0.15, 0.2) is 24.3 Å². The number of rotatable bonds is 6. The largest absolute Gasteiger partial charge is 0.522 e. The molecule has 0 aliphatic heterocycles. The summed E-state index contributed by atoms with van der Waals surface area (Å²) in [5.41, 5.74) is 6.44. The van der Waals surface area contributed by atoms with Crippen LogP contribution >= 0.6 is 0 Å². The number of benzene rings is 1. The van der Waals surface area contributed by atoms with E-state index in [1.54, 1.807) is 12.1 Å². The standard InChI is InChI=1S/C11H14F3NO2/c12-11(13,14)17-8-7-16-10-3-1-9(2-4-10)5-6-15/h1-4H,5-8,15H2. The number of halogens is 3. The van der Waals surface area contributed by atoms with Gasteiger partial charge in [0.05, 0.1) is 6.61 Å². The van der Waals surface area contributed by atoms with E-state index in [4.69, 9.17) is 10.5 Å². The Morgan fingerprint density at radius 1 is 1.06 bits per heavy atom. The lowest BCUT2D eigenvalue weighted by molar-refractivity contribution is -0.325. The fourth-order valence-electron chi connectivity index (χ4n) is 1.24. The molecule has 1 aromatic rings. The Labute approximate surface area is 97.3 Å². The zero-order valence-electron chi connectivity index (χ0n) is 9.17. The van der Waals surface area contributed by atoms with Gasteiger partial charge in [0.25, 0.3) is 0 Å². The lowest BCUT2D eigenvalue weighted by Gasteiger charge is -2.09. The predicted molar refractivity (Wildman–Crippen MR) is 56.7 cm³/mol. The first-order valence-corrected chi connectivity index (χ1v) is 5.14. The first kappa shape index (κ1) is 13.8. The van der Waals surface area contributed by atoms with Gasteiger partial charge in [-0.05, 0) is 30.7 Å². The molecular formula is C11H14F3NO2. The summed E-state index contributed by atoms with van der Waals surface area (Å²) >= 11 is 0. The van der Waals surface area contributed by atoms with Crippen molar-refractivity contribution in [3.05, 3.63) is 29.8 Å². The van der Waals surface area contributed by atoms with Gasteiger partial charge in [-0.1, -0.05) is 12.1 Å². The van der Waals surface area contributed by atoms with Gasteiger partial charge in [-0.15, -0.1) is 13.2 Å². The number of hydrogen-bond donors (Lipinski definition) is 1. The molecule has 0 heterocycles. The molecule has 2 N–H and O–H groups in total. The zero-order chi connectivity index (χ0) is 12.7. The van der Waals surface area contributed by atoms with Crippen LogP contribution in [-0.2, 0) is 11.2 Å². The third-order valence-corrected chi connectivity index (χ3v) is 1.97. The van der Waals surface area contributed by atoms with Crippen LogP contribution in [0.2, 0.25) is 0 Å². The molecule has 6 heteroatoms. The van der Waals surface area contributed by atoms with Gasteiger partial charge in [-0.25, -0.2) is 0 Å². The SMILES string of the molecule is NCCc1ccc(OCCOC(F)(F)F)cc1. The summed E-state index contributed by atoms with van der Waals surface area (Å²) < 4.78 is 43.5. The molecule has 0 spiro atoms. The number of hydrogen-bond acceptors (Lipinski definition) is 3. The van der Waals surface area contributed by atoms with Crippen molar-refractivity contribution in [2.75, 3.05) is 19.8 Å². The molecule has 0 fully saturated rings. The molecule has 0 unspecified atom stereocenters. The molecule has 0 radical (unpaired) electrons. The van der Waals surface area contributed by atoms with E-state index in [0.717, 1.165) is 12.0 Å². The minimum Gasteiger partial charge on any atom is -0.491 e. The van der Waals surface area contributed by atoms with E-state index in [-0.39, 0.29) is 6.61 Å². The smallest absolute Gasteiger partial charge is 0.491 e. The van der Waals surface area contributed by atoms with Crippen molar-refractivity contribution in [1.29, 1.82) is 0 Å². The lowest BCUT2D eigenvalue weighted by Crippen LogP contribution is -2.18. The molecule has 0 amide bonds. The Balaban J connectivity index is 2.27. The summed E-state index contributed by atoms with van der Waals surface area (Å²) in [4.78, 5) is 0. The predicted octanol–water partition coefficient (Wildman–Crippen LogP) is 2.10. The van der Waals surface area contributed by atoms with Crippen LogP contribution < -0.4 is 10.5 Å². The topological polar surface area (TPSA) is 44.5 Å². The van der Waals surface area contributed by atoms with Crippen molar-refractivity contribution in [1.82, 2.24) is 0 Å². The highest BCUT2D eigenvalue weighted by Gasteiger charge is 2.28. The summed E-state index contributed by atoms with van der Waals surface area (Å²) in [6.45, 7) is -0.108. The van der Waals surface area contributed by atoms with E-state index < -0.39 is 13.0 Å². The van der Waals surface area contributed by atoms with E-state index in [9.17, 15) is 13.2 Å². The molecule has 0 atom stereocenters. The maximum Gasteiger partial charge on any atom is 0.522 e. The second kappa shape index (κ2) is 6.46. The Morgan fingerprint density at radius 3 is 2.24 bits per heavy atom. The van der Waals surface area contributed by atoms with Crippen LogP contribution in [0.4, 0.5) is 13.2 Å². The maximum atomic E-state index is 11.6. The number of nitrogens with two attached hydrogens (primary N) is 1. The average Bonchev–Trinajstić information content (AvgIpc) is 2.26. The molecule has 0 saturated heterocycles. The van der Waals surface area contributed by atoms with Crippen molar-refractivity contribution < 1.29 is 22.6 Å². The third-order valence-electron chi connectivity index (χ3n) is 1.97. The minimum absolute atomic E-state index is 0.143. The molecule has 0 bridgehead atoms. The molecule has 17 heavy (non-hydrogen) atoms. The molecule has 0 aliphatic rings. The van der Waals surface area contributed by atoms with Crippen molar-refractivity contribution in [3.8, 4) is 5.75 Å². The molecule has 0 aliphatic carbocycles. The van der Waals surface area contributed by atoms with Gasteiger partial charge in [0.2, 0.25) is 0 Å². The molecule has 3 nitrogen and oxygen atoms in total. The van der Waals surface area contributed by atoms with Crippen molar-refractivity contribution in [3.63, 3.8) is 0 Å². The van der Waals surface area contributed by atoms with Crippen LogP contribution in [0.25, 0.3) is 0 Å². The van der Waals surface area contributed by atoms with Gasteiger partial charge in [0.1, 0.15) is 12.4 Å². The zero-order valence-corrected chi connectivity index (χ0v) is 9.17. The van der Waals surface area contributed by atoms with Gasteiger partial charge >= 0.3 is 6.36 Å². The van der Waals surface area contributed by atoms with E-state index in [1.807, 2.05) is 12.1 Å². The quantitative estimate of drug-likeness (QED) is 0.785. The highest BCUT2D eigenvalue weighted by Crippen LogP contribution is 2.16. The molecule has 1 rings (SSSR count). The van der Waals surface area contributed by atoms with Gasteiger partial charge in [0.15, 0.2) is 0 Å². The summed E-state index contributed by atoms with van der Waals surface area (Å²) in [7, 11) is 0. The van der Waals surface area contributed by atoms with Gasteiger partial charge in [-0.3, -0.25) is 4.74 Å². The van der Waals surface area contributed by atoms with Crippen molar-refractivity contribution in [2.24, 2.45) is 5.73 Å². The van der Waals surface area contributed by atoms with Crippen LogP contribution in [0, 0.1) is 0 Å². The second-order valence-corrected chi connectivity index (χ2v) is 3.33. The summed E-state index contributed by atoms with van der Waals surface area (Å²) in [5, 5.41) is 0. The van der Waals surface area contributed by atoms with E-state index >= 15 is 0 Å². The number of alkyl halides is 3. The van der Waals surface area contributed by atoms with Gasteiger partial charge in [0, 0.05) is 0 Å². The molecule has 0 aromatic heterocycles. The molecular weight excluding hydrogens is 235 g/mol. The Morgan fingerprint density at radius 2 is 1.71 bits per heavy atom. The lowest BCUT2D eigenvalue weighted by atomic mass is 10.1. The molecule has 96 valence electrons. The van der Waals surface area contributed by atoms with Gasteiger partial charge in [-0.2, -0.15) is 0 Å². The summed E-state index contributed by atoms with van der Waals surface area (Å²) in [6.07, 6.45) is -3.84. The van der Waals surface area contributed by atoms with E-state index in [0.29, 0.717) is 12.3 Å².